The standard InChI is InChI=1S/C19H20N2O6S/c1-4-12-20(17-9-7-6-8-16(17)19(22)27-5-2)28(25,26)18-13-15(21(23)24)11-10-14(18)3/h4,6-11,13H,1,5,12H2,2-3H3. The van der Waals surface area contributed by atoms with Crippen molar-refractivity contribution in [3.05, 3.63) is 76.4 Å². The SMILES string of the molecule is C=CCN(c1ccccc1C(=O)OCC)S(=O)(=O)c1cc([N+](=O)[O-])ccc1C. The molecule has 2 rings (SSSR count). The number of ether oxygens (including phenoxy) is 1. The predicted molar refractivity (Wildman–Crippen MR) is 105 cm³/mol. The van der Waals surface area contributed by atoms with E-state index in [1.54, 1.807) is 26.0 Å². The van der Waals surface area contributed by atoms with Crippen molar-refractivity contribution in [2.75, 3.05) is 17.5 Å². The number of anilines is 1. The number of rotatable bonds is 8. The number of nitro benzene ring substituents is 1. The van der Waals surface area contributed by atoms with Gasteiger partial charge in [-0.15, -0.1) is 6.58 Å². The molecule has 9 heteroatoms. The molecule has 0 saturated carbocycles. The van der Waals surface area contributed by atoms with E-state index in [9.17, 15) is 23.3 Å². The quantitative estimate of drug-likeness (QED) is 0.289. The highest BCUT2D eigenvalue weighted by Crippen LogP contribution is 2.31. The van der Waals surface area contributed by atoms with E-state index in [-0.39, 0.29) is 35.0 Å². The van der Waals surface area contributed by atoms with Gasteiger partial charge in [0.1, 0.15) is 0 Å². The van der Waals surface area contributed by atoms with Crippen molar-refractivity contribution >= 4 is 27.4 Å². The molecule has 0 saturated heterocycles. The number of sulfonamides is 1. The summed E-state index contributed by atoms with van der Waals surface area (Å²) in [6.07, 6.45) is 1.37. The van der Waals surface area contributed by atoms with Gasteiger partial charge in [-0.05, 0) is 31.5 Å². The molecule has 0 aromatic heterocycles. The van der Waals surface area contributed by atoms with Gasteiger partial charge in [0.05, 0.1) is 34.2 Å². The molecule has 2 aromatic carbocycles. The van der Waals surface area contributed by atoms with Crippen LogP contribution in [0.15, 0.2) is 60.0 Å². The van der Waals surface area contributed by atoms with Crippen LogP contribution in [-0.4, -0.2) is 32.5 Å². The molecule has 0 spiro atoms. The number of carbonyl (C=O) groups excluding carboxylic acids is 1. The number of hydrogen-bond acceptors (Lipinski definition) is 6. The first-order chi connectivity index (χ1) is 13.2. The number of nitro groups is 1. The molecule has 148 valence electrons. The highest BCUT2D eigenvalue weighted by molar-refractivity contribution is 7.93. The first-order valence-electron chi connectivity index (χ1n) is 8.38. The van der Waals surface area contributed by atoms with Crippen LogP contribution in [0.25, 0.3) is 0 Å². The van der Waals surface area contributed by atoms with Crippen LogP contribution < -0.4 is 4.31 Å². The first-order valence-corrected chi connectivity index (χ1v) is 9.82. The predicted octanol–water partition coefficient (Wildman–Crippen LogP) is 3.46. The van der Waals surface area contributed by atoms with E-state index in [0.29, 0.717) is 5.56 Å². The van der Waals surface area contributed by atoms with Gasteiger partial charge in [-0.3, -0.25) is 14.4 Å². The molecule has 2 aromatic rings. The van der Waals surface area contributed by atoms with Gasteiger partial charge in [-0.2, -0.15) is 0 Å². The second kappa shape index (κ2) is 8.66. The lowest BCUT2D eigenvalue weighted by atomic mass is 10.2. The van der Waals surface area contributed by atoms with E-state index in [0.717, 1.165) is 10.4 Å². The Hall–Kier alpha value is -3.20. The number of nitrogens with zero attached hydrogens (tertiary/aromatic N) is 2. The van der Waals surface area contributed by atoms with Gasteiger partial charge in [-0.1, -0.05) is 24.3 Å². The highest BCUT2D eigenvalue weighted by atomic mass is 32.2. The van der Waals surface area contributed by atoms with E-state index in [1.165, 1.54) is 30.3 Å². The minimum Gasteiger partial charge on any atom is -0.462 e. The molecule has 0 unspecified atom stereocenters. The topological polar surface area (TPSA) is 107 Å². The normalized spacial score (nSPS) is 10.9. The Morgan fingerprint density at radius 2 is 1.96 bits per heavy atom. The summed E-state index contributed by atoms with van der Waals surface area (Å²) in [7, 11) is -4.22. The third-order valence-corrected chi connectivity index (χ3v) is 5.84. The third kappa shape index (κ3) is 4.20. The number of non-ortho nitro benzene ring substituents is 1. The van der Waals surface area contributed by atoms with E-state index in [4.69, 9.17) is 4.74 Å². The largest absolute Gasteiger partial charge is 0.462 e. The zero-order valence-electron chi connectivity index (χ0n) is 15.5. The zero-order chi connectivity index (χ0) is 20.9. The maximum absolute atomic E-state index is 13.4. The molecule has 0 aliphatic carbocycles. The minimum atomic E-state index is -4.22. The summed E-state index contributed by atoms with van der Waals surface area (Å²) in [4.78, 5) is 22.5. The van der Waals surface area contributed by atoms with Crippen molar-refractivity contribution < 1.29 is 22.9 Å². The zero-order valence-corrected chi connectivity index (χ0v) is 16.3. The van der Waals surface area contributed by atoms with Crippen LogP contribution in [0.4, 0.5) is 11.4 Å². The molecule has 0 N–H and O–H groups in total. The Morgan fingerprint density at radius 3 is 2.57 bits per heavy atom. The molecule has 0 aliphatic rings. The molecule has 0 fully saturated rings. The Labute approximate surface area is 163 Å². The van der Waals surface area contributed by atoms with Crippen molar-refractivity contribution in [2.45, 2.75) is 18.7 Å². The van der Waals surface area contributed by atoms with E-state index in [1.807, 2.05) is 0 Å². The first kappa shape index (κ1) is 21.1. The second-order valence-electron chi connectivity index (χ2n) is 5.77. The van der Waals surface area contributed by atoms with Crippen LogP contribution in [0.2, 0.25) is 0 Å². The van der Waals surface area contributed by atoms with E-state index < -0.39 is 20.9 Å². The number of hydrogen-bond donors (Lipinski definition) is 0. The Bertz CT molecular complexity index is 1020. The highest BCUT2D eigenvalue weighted by Gasteiger charge is 2.30. The number of carbonyl (C=O) groups is 1. The molecule has 0 heterocycles. The van der Waals surface area contributed by atoms with Crippen molar-refractivity contribution in [1.29, 1.82) is 0 Å². The van der Waals surface area contributed by atoms with Crippen molar-refractivity contribution in [3.63, 3.8) is 0 Å². The van der Waals surface area contributed by atoms with E-state index in [2.05, 4.69) is 6.58 Å². The molecule has 0 bridgehead atoms. The van der Waals surface area contributed by atoms with Crippen LogP contribution in [0, 0.1) is 17.0 Å². The fraction of sp³-hybridized carbons (Fsp3) is 0.211. The third-order valence-electron chi connectivity index (χ3n) is 3.91. The van der Waals surface area contributed by atoms with E-state index >= 15 is 0 Å². The summed E-state index contributed by atoms with van der Waals surface area (Å²) >= 11 is 0. The van der Waals surface area contributed by atoms with Crippen molar-refractivity contribution in [2.24, 2.45) is 0 Å². The number of benzene rings is 2. The Morgan fingerprint density at radius 1 is 1.29 bits per heavy atom. The van der Waals surface area contributed by atoms with Gasteiger partial charge < -0.3 is 4.74 Å². The van der Waals surface area contributed by atoms with Gasteiger partial charge in [0.2, 0.25) is 0 Å². The summed E-state index contributed by atoms with van der Waals surface area (Å²) in [6.45, 7) is 6.76. The molecule has 0 aliphatic heterocycles. The van der Waals surface area contributed by atoms with Gasteiger partial charge in [0.25, 0.3) is 15.7 Å². The maximum Gasteiger partial charge on any atom is 0.340 e. The average molecular weight is 404 g/mol. The fourth-order valence-corrected chi connectivity index (χ4v) is 4.32. The molecule has 8 nitrogen and oxygen atoms in total. The average Bonchev–Trinajstić information content (AvgIpc) is 2.66. The summed E-state index contributed by atoms with van der Waals surface area (Å²) in [5.74, 6) is -0.668. The van der Waals surface area contributed by atoms with Gasteiger partial charge in [-0.25, -0.2) is 13.2 Å². The monoisotopic (exact) mass is 404 g/mol. The lowest BCUT2D eigenvalue weighted by Gasteiger charge is -2.25. The number of para-hydroxylation sites is 1. The summed E-state index contributed by atoms with van der Waals surface area (Å²) < 4.78 is 32.7. The Kier molecular flexibility index (Phi) is 6.53. The van der Waals surface area contributed by atoms with Crippen LogP contribution >= 0.6 is 0 Å². The summed E-state index contributed by atoms with van der Waals surface area (Å²) in [5, 5.41) is 11.1. The second-order valence-corrected chi connectivity index (χ2v) is 7.60. The lowest BCUT2D eigenvalue weighted by Crippen LogP contribution is -2.33. The van der Waals surface area contributed by atoms with Crippen molar-refractivity contribution in [1.82, 2.24) is 0 Å². The summed E-state index contributed by atoms with van der Waals surface area (Å²) in [6, 6.07) is 9.72. The minimum absolute atomic E-state index is 0.0675. The smallest absolute Gasteiger partial charge is 0.340 e. The number of esters is 1. The Balaban J connectivity index is 2.68. The summed E-state index contributed by atoms with van der Waals surface area (Å²) in [5.41, 5.74) is 0.166. The molecule has 28 heavy (non-hydrogen) atoms. The van der Waals surface area contributed by atoms with Crippen LogP contribution in [0.5, 0.6) is 0 Å². The fourth-order valence-electron chi connectivity index (χ4n) is 2.61. The van der Waals surface area contributed by atoms with Gasteiger partial charge in [0.15, 0.2) is 0 Å². The van der Waals surface area contributed by atoms with Crippen molar-refractivity contribution in [3.8, 4) is 0 Å². The number of aryl methyl sites for hydroxylation is 1. The lowest BCUT2D eigenvalue weighted by molar-refractivity contribution is -0.385. The van der Waals surface area contributed by atoms with Gasteiger partial charge >= 0.3 is 5.97 Å². The van der Waals surface area contributed by atoms with Crippen LogP contribution in [-0.2, 0) is 14.8 Å². The van der Waals surface area contributed by atoms with Crippen LogP contribution in [0.1, 0.15) is 22.8 Å². The molecular weight excluding hydrogens is 384 g/mol. The van der Waals surface area contributed by atoms with Gasteiger partial charge in [0, 0.05) is 12.1 Å². The molecule has 0 radical (unpaired) electrons. The molecule has 0 amide bonds. The maximum atomic E-state index is 13.4. The molecule has 0 atom stereocenters. The molecular formula is C19H20N2O6S. The van der Waals surface area contributed by atoms with Crippen LogP contribution in [0.3, 0.4) is 0 Å².